The average molecular weight is 501 g/mol. The van der Waals surface area contributed by atoms with Crippen LogP contribution < -0.4 is 4.90 Å². The number of aliphatic carboxylic acids is 1. The molecule has 9 heteroatoms. The minimum absolute atomic E-state index is 0.0955. The van der Waals surface area contributed by atoms with E-state index < -0.39 is 5.97 Å². The lowest BCUT2D eigenvalue weighted by Gasteiger charge is -2.41. The maximum atomic E-state index is 11.8. The van der Waals surface area contributed by atoms with E-state index >= 15 is 0 Å². The number of ether oxygens (including phenoxy) is 1. The summed E-state index contributed by atoms with van der Waals surface area (Å²) in [5, 5.41) is 19.5. The van der Waals surface area contributed by atoms with Crippen LogP contribution in [-0.2, 0) is 22.5 Å². The lowest BCUT2D eigenvalue weighted by Crippen LogP contribution is -2.45. The molecule has 37 heavy (non-hydrogen) atoms. The van der Waals surface area contributed by atoms with Crippen LogP contribution in [0, 0.1) is 6.92 Å². The van der Waals surface area contributed by atoms with Gasteiger partial charge in [-0.05, 0) is 51.7 Å². The second-order valence-electron chi connectivity index (χ2n) is 10.4. The number of rotatable bonds is 2. The van der Waals surface area contributed by atoms with Crippen molar-refractivity contribution in [2.75, 3.05) is 24.6 Å². The second-order valence-corrected chi connectivity index (χ2v) is 10.4. The number of benzene rings is 1. The van der Waals surface area contributed by atoms with E-state index in [2.05, 4.69) is 24.0 Å². The standard InChI is InChI=1S/C28H32N6O3/c1-19-22(17-26(35)36)27-32-13-9-28(2,10-14-32)37-15-4-3-11-33-12-8-23(30-33)20-6-5-7-21(16-20)24-18-25(29-19)34(27)31-24/h5-8,12,16,18H,3-4,9-11,13-15,17H2,1-2H3,(H,35,36). The summed E-state index contributed by atoms with van der Waals surface area (Å²) >= 11 is 0. The zero-order valence-electron chi connectivity index (χ0n) is 21.4. The van der Waals surface area contributed by atoms with E-state index in [9.17, 15) is 9.90 Å². The molecule has 0 amide bonds. The van der Waals surface area contributed by atoms with Gasteiger partial charge < -0.3 is 14.7 Å². The van der Waals surface area contributed by atoms with E-state index in [1.807, 2.05) is 46.6 Å². The van der Waals surface area contributed by atoms with Gasteiger partial charge in [-0.2, -0.15) is 14.7 Å². The first-order valence-electron chi connectivity index (χ1n) is 13.0. The van der Waals surface area contributed by atoms with E-state index in [4.69, 9.17) is 19.9 Å². The number of aromatic nitrogens is 5. The predicted molar refractivity (Wildman–Crippen MR) is 141 cm³/mol. The van der Waals surface area contributed by atoms with Crippen LogP contribution in [0.25, 0.3) is 28.2 Å². The summed E-state index contributed by atoms with van der Waals surface area (Å²) in [6.07, 6.45) is 5.65. The highest BCUT2D eigenvalue weighted by Crippen LogP contribution is 2.34. The van der Waals surface area contributed by atoms with Crippen molar-refractivity contribution in [3.8, 4) is 22.5 Å². The van der Waals surface area contributed by atoms with E-state index in [0.717, 1.165) is 86.0 Å². The van der Waals surface area contributed by atoms with Gasteiger partial charge in [0, 0.05) is 60.9 Å². The molecule has 0 atom stereocenters. The Bertz CT molecular complexity index is 1460. The van der Waals surface area contributed by atoms with Gasteiger partial charge in [0.15, 0.2) is 5.65 Å². The SMILES string of the molecule is Cc1nc2cc3nn2c(c1CC(=O)O)N1CCC(C)(CC1)OCCCCn1ccc(n1)-c1cccc-3c1. The third kappa shape index (κ3) is 4.59. The molecule has 8 bridgehead atoms. The Kier molecular flexibility index (Phi) is 5.95. The molecular formula is C28H32N6O3. The largest absolute Gasteiger partial charge is 0.481 e. The Morgan fingerprint density at radius 2 is 1.84 bits per heavy atom. The highest BCUT2D eigenvalue weighted by atomic mass is 16.5. The number of hydrogen-bond acceptors (Lipinski definition) is 6. The van der Waals surface area contributed by atoms with Crippen molar-refractivity contribution in [1.82, 2.24) is 24.4 Å². The van der Waals surface area contributed by atoms with Gasteiger partial charge >= 0.3 is 5.97 Å². The number of aryl methyl sites for hydroxylation is 2. The van der Waals surface area contributed by atoms with Gasteiger partial charge in [0.1, 0.15) is 5.82 Å². The van der Waals surface area contributed by atoms with Crippen LogP contribution in [0.4, 0.5) is 5.82 Å². The van der Waals surface area contributed by atoms with Crippen LogP contribution in [0.1, 0.15) is 43.9 Å². The quantitative estimate of drug-likeness (QED) is 0.437. The number of fused-ring (bicyclic) bond motifs is 6. The Morgan fingerprint density at radius 3 is 2.62 bits per heavy atom. The molecule has 3 aromatic heterocycles. The summed E-state index contributed by atoms with van der Waals surface area (Å²) < 4.78 is 10.2. The summed E-state index contributed by atoms with van der Waals surface area (Å²) in [6.45, 7) is 7.19. The molecule has 0 saturated carbocycles. The lowest BCUT2D eigenvalue weighted by molar-refractivity contribution is -0.136. The summed E-state index contributed by atoms with van der Waals surface area (Å²) in [5.41, 5.74) is 5.68. The number of nitrogens with zero attached hydrogens (tertiary/aromatic N) is 6. The van der Waals surface area contributed by atoms with Crippen molar-refractivity contribution in [3.63, 3.8) is 0 Å². The normalized spacial score (nSPS) is 17.5. The van der Waals surface area contributed by atoms with Crippen molar-refractivity contribution < 1.29 is 14.6 Å². The molecule has 1 N–H and O–H groups in total. The van der Waals surface area contributed by atoms with Crippen molar-refractivity contribution in [2.45, 2.75) is 58.1 Å². The van der Waals surface area contributed by atoms with Crippen LogP contribution >= 0.6 is 0 Å². The predicted octanol–water partition coefficient (Wildman–Crippen LogP) is 4.36. The van der Waals surface area contributed by atoms with Gasteiger partial charge in [0.25, 0.3) is 0 Å². The van der Waals surface area contributed by atoms with Crippen LogP contribution in [0.15, 0.2) is 42.6 Å². The number of anilines is 1. The van der Waals surface area contributed by atoms with E-state index in [1.165, 1.54) is 0 Å². The zero-order valence-corrected chi connectivity index (χ0v) is 21.4. The second kappa shape index (κ2) is 9.30. The Balaban J connectivity index is 1.50. The smallest absolute Gasteiger partial charge is 0.308 e. The minimum atomic E-state index is -0.874. The summed E-state index contributed by atoms with van der Waals surface area (Å²) in [5.74, 6) is -0.0493. The average Bonchev–Trinajstić information content (AvgIpc) is 3.52. The summed E-state index contributed by atoms with van der Waals surface area (Å²) in [4.78, 5) is 18.8. The van der Waals surface area contributed by atoms with Gasteiger partial charge in [0.05, 0.1) is 23.4 Å². The topological polar surface area (TPSA) is 97.8 Å². The Hall–Kier alpha value is -3.72. The van der Waals surface area contributed by atoms with Gasteiger partial charge in [-0.3, -0.25) is 9.48 Å². The fourth-order valence-electron chi connectivity index (χ4n) is 5.47. The number of hydrogen-bond donors (Lipinski definition) is 1. The minimum Gasteiger partial charge on any atom is -0.481 e. The first kappa shape index (κ1) is 23.7. The molecule has 0 radical (unpaired) electrons. The van der Waals surface area contributed by atoms with Gasteiger partial charge in [0.2, 0.25) is 0 Å². The van der Waals surface area contributed by atoms with Crippen LogP contribution in [0.5, 0.6) is 0 Å². The van der Waals surface area contributed by atoms with Gasteiger partial charge in [-0.15, -0.1) is 0 Å². The molecule has 6 heterocycles. The molecule has 1 fully saturated rings. The molecule has 3 aliphatic heterocycles. The number of carboxylic acids is 1. The van der Waals surface area contributed by atoms with Gasteiger partial charge in [-0.1, -0.05) is 18.2 Å². The highest BCUT2D eigenvalue weighted by Gasteiger charge is 2.33. The van der Waals surface area contributed by atoms with Crippen molar-refractivity contribution in [3.05, 3.63) is 53.9 Å². The summed E-state index contributed by atoms with van der Waals surface area (Å²) in [6, 6.07) is 12.3. The molecular weight excluding hydrogens is 468 g/mol. The van der Waals surface area contributed by atoms with Crippen LogP contribution in [0.2, 0.25) is 0 Å². The van der Waals surface area contributed by atoms with Gasteiger partial charge in [-0.25, -0.2) is 4.98 Å². The highest BCUT2D eigenvalue weighted by molar-refractivity contribution is 5.76. The summed E-state index contributed by atoms with van der Waals surface area (Å²) in [7, 11) is 0. The van der Waals surface area contributed by atoms with Crippen molar-refractivity contribution in [1.29, 1.82) is 0 Å². The molecule has 3 aliphatic rings. The zero-order chi connectivity index (χ0) is 25.6. The monoisotopic (exact) mass is 500 g/mol. The van der Waals surface area contributed by atoms with Crippen LogP contribution in [0.3, 0.4) is 0 Å². The van der Waals surface area contributed by atoms with E-state index in [0.29, 0.717) is 11.2 Å². The molecule has 0 unspecified atom stereocenters. The molecule has 0 spiro atoms. The fraction of sp³-hybridized carbons (Fsp3) is 0.429. The molecule has 192 valence electrons. The first-order chi connectivity index (χ1) is 17.9. The number of piperidine rings is 1. The lowest BCUT2D eigenvalue weighted by atomic mass is 9.93. The third-order valence-corrected chi connectivity index (χ3v) is 7.66. The molecule has 7 rings (SSSR count). The van der Waals surface area contributed by atoms with E-state index in [1.54, 1.807) is 0 Å². The third-order valence-electron chi connectivity index (χ3n) is 7.66. The fourth-order valence-corrected chi connectivity index (χ4v) is 5.47. The molecule has 0 aliphatic carbocycles. The van der Waals surface area contributed by atoms with Crippen molar-refractivity contribution in [2.24, 2.45) is 0 Å². The van der Waals surface area contributed by atoms with E-state index in [-0.39, 0.29) is 12.0 Å². The maximum absolute atomic E-state index is 11.8. The molecule has 1 aromatic carbocycles. The Labute approximate surface area is 215 Å². The maximum Gasteiger partial charge on any atom is 0.308 e. The molecule has 9 nitrogen and oxygen atoms in total. The Morgan fingerprint density at radius 1 is 1.05 bits per heavy atom. The first-order valence-corrected chi connectivity index (χ1v) is 13.0. The molecule has 4 aromatic rings. The van der Waals surface area contributed by atoms with Crippen LogP contribution in [-0.4, -0.2) is 60.8 Å². The number of carboxylic acid groups (broad SMARTS) is 1. The van der Waals surface area contributed by atoms with Crippen molar-refractivity contribution >= 4 is 17.4 Å². The number of carbonyl (C=O) groups is 1. The molecule has 1 saturated heterocycles.